The number of hydrogen-bond donors (Lipinski definition) is 2. The Labute approximate surface area is 153 Å². The molecule has 0 fully saturated rings. The number of hydrogen-bond acceptors (Lipinski definition) is 5. The summed E-state index contributed by atoms with van der Waals surface area (Å²) in [5, 5.41) is 6.63. The summed E-state index contributed by atoms with van der Waals surface area (Å²) < 4.78 is 30.0. The molecule has 1 amide bonds. The Morgan fingerprint density at radius 2 is 1.81 bits per heavy atom. The highest BCUT2D eigenvalue weighted by Gasteiger charge is 2.13. The van der Waals surface area contributed by atoms with Crippen LogP contribution >= 0.6 is 0 Å². The molecule has 2 aromatic rings. The van der Waals surface area contributed by atoms with Gasteiger partial charge in [-0.15, -0.1) is 0 Å². The molecule has 0 spiro atoms. The molecule has 2 rings (SSSR count). The summed E-state index contributed by atoms with van der Waals surface area (Å²) in [6.07, 6.45) is 0. The van der Waals surface area contributed by atoms with Crippen LogP contribution in [-0.2, 0) is 14.8 Å². The van der Waals surface area contributed by atoms with Crippen molar-refractivity contribution in [1.82, 2.24) is 4.83 Å². The van der Waals surface area contributed by atoms with Gasteiger partial charge in [0.15, 0.2) is 0 Å². The number of amides is 1. The monoisotopic (exact) mass is 375 g/mol. The maximum Gasteiger partial charge on any atom is 0.276 e. The van der Waals surface area contributed by atoms with E-state index in [9.17, 15) is 13.2 Å². The quantitative estimate of drug-likeness (QED) is 0.574. The first-order chi connectivity index (χ1) is 12.3. The zero-order valence-corrected chi connectivity index (χ0v) is 15.6. The van der Waals surface area contributed by atoms with Crippen molar-refractivity contribution in [2.24, 2.45) is 5.10 Å². The second kappa shape index (κ2) is 8.48. The fraction of sp³-hybridized carbons (Fsp3) is 0.222. The summed E-state index contributed by atoms with van der Waals surface area (Å²) in [6, 6.07) is 13.1. The van der Waals surface area contributed by atoms with Crippen LogP contribution in [0.3, 0.4) is 0 Å². The second-order valence-corrected chi connectivity index (χ2v) is 7.12. The number of anilines is 1. The van der Waals surface area contributed by atoms with Crippen LogP contribution in [-0.4, -0.2) is 26.6 Å². The molecule has 0 saturated heterocycles. The molecule has 2 N–H and O–H groups in total. The van der Waals surface area contributed by atoms with Crippen LogP contribution in [0.1, 0.15) is 26.3 Å². The molecule has 26 heavy (non-hydrogen) atoms. The number of benzene rings is 2. The van der Waals surface area contributed by atoms with Crippen LogP contribution in [0.4, 0.5) is 5.69 Å². The molecule has 0 radical (unpaired) electrons. The SMILES string of the molecule is CCOc1ccc(S(=O)(=O)N/N=C(/C)c2cccc(NC(C)=O)c2)cc1. The number of nitrogens with one attached hydrogen (secondary N) is 2. The molecule has 2 aromatic carbocycles. The molecule has 0 bridgehead atoms. The second-order valence-electron chi connectivity index (χ2n) is 5.46. The van der Waals surface area contributed by atoms with E-state index in [1.54, 1.807) is 43.3 Å². The molecule has 0 unspecified atom stereocenters. The minimum absolute atomic E-state index is 0.0875. The van der Waals surface area contributed by atoms with Gasteiger partial charge < -0.3 is 10.1 Å². The van der Waals surface area contributed by atoms with Crippen LogP contribution in [0, 0.1) is 0 Å². The third kappa shape index (κ3) is 5.32. The molecule has 0 aliphatic rings. The normalized spacial score (nSPS) is 11.7. The first-order valence-electron chi connectivity index (χ1n) is 7.99. The average Bonchev–Trinajstić information content (AvgIpc) is 2.60. The van der Waals surface area contributed by atoms with Gasteiger partial charge in [0.05, 0.1) is 17.2 Å². The highest BCUT2D eigenvalue weighted by Crippen LogP contribution is 2.16. The fourth-order valence-electron chi connectivity index (χ4n) is 2.15. The van der Waals surface area contributed by atoms with Gasteiger partial charge in [0, 0.05) is 12.6 Å². The predicted octanol–water partition coefficient (Wildman–Crippen LogP) is 2.75. The van der Waals surface area contributed by atoms with Gasteiger partial charge in [-0.3, -0.25) is 4.79 Å². The number of carbonyl (C=O) groups is 1. The van der Waals surface area contributed by atoms with Gasteiger partial charge in [-0.25, -0.2) is 0 Å². The van der Waals surface area contributed by atoms with Gasteiger partial charge in [-0.2, -0.15) is 18.4 Å². The molecular formula is C18H21N3O4S. The lowest BCUT2D eigenvalue weighted by atomic mass is 10.1. The molecule has 0 aliphatic heterocycles. The van der Waals surface area contributed by atoms with Crippen molar-refractivity contribution in [3.05, 3.63) is 54.1 Å². The van der Waals surface area contributed by atoms with Gasteiger partial charge in [0.1, 0.15) is 5.75 Å². The van der Waals surface area contributed by atoms with E-state index in [1.165, 1.54) is 19.1 Å². The van der Waals surface area contributed by atoms with Crippen molar-refractivity contribution in [3.8, 4) is 5.75 Å². The van der Waals surface area contributed by atoms with Crippen molar-refractivity contribution in [2.45, 2.75) is 25.7 Å². The molecule has 0 heterocycles. The van der Waals surface area contributed by atoms with Crippen molar-refractivity contribution in [2.75, 3.05) is 11.9 Å². The maximum atomic E-state index is 12.3. The van der Waals surface area contributed by atoms with Crippen molar-refractivity contribution in [1.29, 1.82) is 0 Å². The van der Waals surface area contributed by atoms with E-state index in [0.717, 1.165) is 0 Å². The molecule has 0 atom stereocenters. The van der Waals surface area contributed by atoms with E-state index in [0.29, 0.717) is 29.3 Å². The van der Waals surface area contributed by atoms with Gasteiger partial charge >= 0.3 is 0 Å². The Balaban J connectivity index is 2.15. The molecule has 7 nitrogen and oxygen atoms in total. The van der Waals surface area contributed by atoms with E-state index >= 15 is 0 Å². The fourth-order valence-corrected chi connectivity index (χ4v) is 3.01. The zero-order chi connectivity index (χ0) is 19.2. The first kappa shape index (κ1) is 19.5. The van der Waals surface area contributed by atoms with Gasteiger partial charge in [0.2, 0.25) is 5.91 Å². The lowest BCUT2D eigenvalue weighted by molar-refractivity contribution is -0.114. The van der Waals surface area contributed by atoms with Crippen molar-refractivity contribution < 1.29 is 17.9 Å². The topological polar surface area (TPSA) is 96.9 Å². The standard InChI is InChI=1S/C18H21N3O4S/c1-4-25-17-8-10-18(11-9-17)26(23,24)21-20-13(2)15-6-5-7-16(12-15)19-14(3)22/h5-12,21H,4H2,1-3H3,(H,19,22)/b20-13-. The number of rotatable bonds is 7. The van der Waals surface area contributed by atoms with Gasteiger partial charge in [-0.1, -0.05) is 12.1 Å². The van der Waals surface area contributed by atoms with Crippen LogP contribution in [0.2, 0.25) is 0 Å². The maximum absolute atomic E-state index is 12.3. The minimum Gasteiger partial charge on any atom is -0.494 e. The summed E-state index contributed by atoms with van der Waals surface area (Å²) in [7, 11) is -3.79. The summed E-state index contributed by atoms with van der Waals surface area (Å²) in [4.78, 5) is 13.4. The van der Waals surface area contributed by atoms with Crippen molar-refractivity contribution in [3.63, 3.8) is 0 Å². The van der Waals surface area contributed by atoms with Crippen LogP contribution < -0.4 is 14.9 Å². The largest absolute Gasteiger partial charge is 0.494 e. The van der Waals surface area contributed by atoms with Crippen LogP contribution in [0.15, 0.2) is 58.5 Å². The third-order valence-electron chi connectivity index (χ3n) is 3.38. The summed E-state index contributed by atoms with van der Waals surface area (Å²) in [6.45, 7) is 5.45. The predicted molar refractivity (Wildman–Crippen MR) is 101 cm³/mol. The number of ether oxygens (including phenoxy) is 1. The Hall–Kier alpha value is -2.87. The zero-order valence-electron chi connectivity index (χ0n) is 14.8. The molecule has 0 aliphatic carbocycles. The van der Waals surface area contributed by atoms with Crippen LogP contribution in [0.5, 0.6) is 5.75 Å². The lowest BCUT2D eigenvalue weighted by Crippen LogP contribution is -2.20. The van der Waals surface area contributed by atoms with Gasteiger partial charge in [0.25, 0.3) is 10.0 Å². The van der Waals surface area contributed by atoms with E-state index in [1.807, 2.05) is 6.92 Å². The highest BCUT2D eigenvalue weighted by atomic mass is 32.2. The van der Waals surface area contributed by atoms with Crippen molar-refractivity contribution >= 4 is 27.3 Å². The highest BCUT2D eigenvalue weighted by molar-refractivity contribution is 7.89. The lowest BCUT2D eigenvalue weighted by Gasteiger charge is -2.08. The number of carbonyl (C=O) groups excluding carboxylic acids is 1. The number of nitrogens with zero attached hydrogens (tertiary/aromatic N) is 1. The summed E-state index contributed by atoms with van der Waals surface area (Å²) in [5.74, 6) is 0.411. The molecule has 0 saturated carbocycles. The van der Waals surface area contributed by atoms with Gasteiger partial charge in [-0.05, 0) is 55.8 Å². The van der Waals surface area contributed by atoms with E-state index in [-0.39, 0.29) is 10.8 Å². The summed E-state index contributed by atoms with van der Waals surface area (Å²) in [5.41, 5.74) is 1.76. The minimum atomic E-state index is -3.79. The first-order valence-corrected chi connectivity index (χ1v) is 9.47. The Morgan fingerprint density at radius 1 is 1.12 bits per heavy atom. The van der Waals surface area contributed by atoms with E-state index in [4.69, 9.17) is 4.74 Å². The Kier molecular flexibility index (Phi) is 6.35. The number of sulfonamides is 1. The summed E-state index contributed by atoms with van der Waals surface area (Å²) >= 11 is 0. The Bertz CT molecular complexity index is 906. The smallest absolute Gasteiger partial charge is 0.276 e. The third-order valence-corrected chi connectivity index (χ3v) is 4.60. The molecular weight excluding hydrogens is 354 g/mol. The molecule has 138 valence electrons. The average molecular weight is 375 g/mol. The Morgan fingerprint density at radius 3 is 2.42 bits per heavy atom. The van der Waals surface area contributed by atoms with E-state index in [2.05, 4.69) is 15.2 Å². The van der Waals surface area contributed by atoms with E-state index < -0.39 is 10.0 Å². The molecule has 8 heteroatoms. The number of hydrazone groups is 1. The van der Waals surface area contributed by atoms with Crippen LogP contribution in [0.25, 0.3) is 0 Å². The molecule has 0 aromatic heterocycles.